The lowest BCUT2D eigenvalue weighted by Crippen LogP contribution is -1.98. The summed E-state index contributed by atoms with van der Waals surface area (Å²) in [5, 5.41) is 0. The van der Waals surface area contributed by atoms with Gasteiger partial charge >= 0.3 is 0 Å². The molecule has 0 aliphatic heterocycles. The number of hydrogen-bond acceptors (Lipinski definition) is 0. The highest BCUT2D eigenvalue weighted by Gasteiger charge is 2.23. The topological polar surface area (TPSA) is 0 Å². The predicted molar refractivity (Wildman–Crippen MR) is 57.7 cm³/mol. The van der Waals surface area contributed by atoms with Crippen LogP contribution in [0.3, 0.4) is 0 Å². The van der Waals surface area contributed by atoms with Crippen LogP contribution in [0.4, 0.5) is 13.2 Å². The second-order valence-electron chi connectivity index (χ2n) is 3.88. The molecule has 0 radical (unpaired) electrons. The SMILES string of the molecule is Cc1ccc(C2=C(F)C(F)=C(F)CC2)cc1. The van der Waals surface area contributed by atoms with Gasteiger partial charge in [-0.1, -0.05) is 29.8 Å². The fraction of sp³-hybridized carbons (Fsp3) is 0.231. The van der Waals surface area contributed by atoms with Crippen LogP contribution in [0.25, 0.3) is 5.57 Å². The first-order valence-electron chi connectivity index (χ1n) is 5.10. The van der Waals surface area contributed by atoms with Crippen molar-refractivity contribution >= 4 is 5.57 Å². The van der Waals surface area contributed by atoms with E-state index in [4.69, 9.17) is 0 Å². The Hall–Kier alpha value is -1.51. The molecule has 84 valence electrons. The Morgan fingerprint density at radius 1 is 0.875 bits per heavy atom. The van der Waals surface area contributed by atoms with Crippen LogP contribution in [-0.2, 0) is 0 Å². The third-order valence-electron chi connectivity index (χ3n) is 2.69. The fourth-order valence-corrected chi connectivity index (χ4v) is 1.73. The van der Waals surface area contributed by atoms with Gasteiger partial charge in [0.05, 0.1) is 0 Å². The van der Waals surface area contributed by atoms with Crippen molar-refractivity contribution in [1.82, 2.24) is 0 Å². The summed E-state index contributed by atoms with van der Waals surface area (Å²) in [6.45, 7) is 1.91. The van der Waals surface area contributed by atoms with Gasteiger partial charge in [-0.3, -0.25) is 0 Å². The smallest absolute Gasteiger partial charge is 0.190 e. The Labute approximate surface area is 92.1 Å². The molecule has 0 unspecified atom stereocenters. The maximum absolute atomic E-state index is 13.5. The van der Waals surface area contributed by atoms with Crippen LogP contribution in [0.5, 0.6) is 0 Å². The Morgan fingerprint density at radius 2 is 1.50 bits per heavy atom. The zero-order valence-corrected chi connectivity index (χ0v) is 8.86. The van der Waals surface area contributed by atoms with E-state index in [0.717, 1.165) is 5.56 Å². The van der Waals surface area contributed by atoms with Gasteiger partial charge in [0.15, 0.2) is 11.7 Å². The van der Waals surface area contributed by atoms with Gasteiger partial charge in [0.25, 0.3) is 0 Å². The van der Waals surface area contributed by atoms with E-state index in [-0.39, 0.29) is 18.4 Å². The first-order valence-corrected chi connectivity index (χ1v) is 5.10. The van der Waals surface area contributed by atoms with Crippen molar-refractivity contribution in [1.29, 1.82) is 0 Å². The Morgan fingerprint density at radius 3 is 2.12 bits per heavy atom. The molecule has 1 aromatic rings. The van der Waals surface area contributed by atoms with Gasteiger partial charge in [0.2, 0.25) is 0 Å². The maximum Gasteiger partial charge on any atom is 0.190 e. The largest absolute Gasteiger partial charge is 0.208 e. The van der Waals surface area contributed by atoms with E-state index < -0.39 is 17.5 Å². The molecule has 0 nitrogen and oxygen atoms in total. The molecule has 0 saturated carbocycles. The minimum absolute atomic E-state index is 0.0670. The van der Waals surface area contributed by atoms with Gasteiger partial charge in [-0.25, -0.2) is 13.2 Å². The average molecular weight is 224 g/mol. The molecule has 0 bridgehead atoms. The van der Waals surface area contributed by atoms with Crippen LogP contribution in [0.15, 0.2) is 41.7 Å². The molecule has 1 aliphatic rings. The Bertz CT molecular complexity index is 466. The average Bonchev–Trinajstić information content (AvgIpc) is 2.28. The van der Waals surface area contributed by atoms with E-state index in [1.54, 1.807) is 12.1 Å². The van der Waals surface area contributed by atoms with E-state index in [9.17, 15) is 13.2 Å². The van der Waals surface area contributed by atoms with E-state index in [0.29, 0.717) is 5.56 Å². The van der Waals surface area contributed by atoms with Crippen molar-refractivity contribution in [3.63, 3.8) is 0 Å². The van der Waals surface area contributed by atoms with Crippen LogP contribution < -0.4 is 0 Å². The number of allylic oxidation sites excluding steroid dienone is 4. The van der Waals surface area contributed by atoms with Gasteiger partial charge in [0.1, 0.15) is 5.83 Å². The zero-order chi connectivity index (χ0) is 11.7. The molecule has 0 aromatic heterocycles. The van der Waals surface area contributed by atoms with E-state index >= 15 is 0 Å². The molecule has 0 spiro atoms. The third-order valence-corrected chi connectivity index (χ3v) is 2.69. The van der Waals surface area contributed by atoms with Gasteiger partial charge in [-0.15, -0.1) is 0 Å². The minimum atomic E-state index is -1.35. The molecule has 2 rings (SSSR count). The molecule has 0 heterocycles. The van der Waals surface area contributed by atoms with Crippen LogP contribution >= 0.6 is 0 Å². The number of hydrogen-bond donors (Lipinski definition) is 0. The van der Waals surface area contributed by atoms with E-state index in [1.807, 2.05) is 19.1 Å². The second kappa shape index (κ2) is 4.16. The van der Waals surface area contributed by atoms with Gasteiger partial charge in [-0.2, -0.15) is 0 Å². The standard InChI is InChI=1S/C13H11F3/c1-8-2-4-9(5-3-8)10-6-7-11(14)13(16)12(10)15/h2-5H,6-7H2,1H3. The van der Waals surface area contributed by atoms with Gasteiger partial charge in [0, 0.05) is 6.42 Å². The summed E-state index contributed by atoms with van der Waals surface area (Å²) in [4.78, 5) is 0. The molecule has 3 heteroatoms. The van der Waals surface area contributed by atoms with Gasteiger partial charge in [-0.05, 0) is 24.5 Å². The first-order chi connectivity index (χ1) is 7.59. The summed E-state index contributed by atoms with van der Waals surface area (Å²) in [6.07, 6.45) is 0.136. The van der Waals surface area contributed by atoms with Crippen molar-refractivity contribution in [2.45, 2.75) is 19.8 Å². The molecule has 16 heavy (non-hydrogen) atoms. The fourth-order valence-electron chi connectivity index (χ4n) is 1.73. The molecule has 0 N–H and O–H groups in total. The first kappa shape index (κ1) is 11.0. The summed E-state index contributed by atoms with van der Waals surface area (Å²) >= 11 is 0. The molecule has 1 aliphatic carbocycles. The number of rotatable bonds is 1. The van der Waals surface area contributed by atoms with Crippen molar-refractivity contribution in [3.05, 3.63) is 52.9 Å². The summed E-state index contributed by atoms with van der Waals surface area (Å²) in [5.74, 6) is -3.40. The number of halogens is 3. The highest BCUT2D eigenvalue weighted by atomic mass is 19.2. The monoisotopic (exact) mass is 224 g/mol. The summed E-state index contributed by atoms with van der Waals surface area (Å²) in [7, 11) is 0. The molecule has 0 atom stereocenters. The minimum Gasteiger partial charge on any atom is -0.208 e. The molecule has 1 aromatic carbocycles. The van der Waals surface area contributed by atoms with Crippen LogP contribution in [0, 0.1) is 6.92 Å². The van der Waals surface area contributed by atoms with E-state index in [2.05, 4.69) is 0 Å². The molecular weight excluding hydrogens is 213 g/mol. The van der Waals surface area contributed by atoms with Gasteiger partial charge < -0.3 is 0 Å². The second-order valence-corrected chi connectivity index (χ2v) is 3.88. The van der Waals surface area contributed by atoms with E-state index in [1.165, 1.54) is 0 Å². The van der Waals surface area contributed by atoms with Crippen molar-refractivity contribution in [3.8, 4) is 0 Å². The normalized spacial score (nSPS) is 17.0. The predicted octanol–water partition coefficient (Wildman–Crippen LogP) is 4.62. The summed E-state index contributed by atoms with van der Waals surface area (Å²) in [6, 6.07) is 7.09. The Kier molecular flexibility index (Phi) is 2.86. The van der Waals surface area contributed by atoms with Crippen LogP contribution in [0.2, 0.25) is 0 Å². The lowest BCUT2D eigenvalue weighted by molar-refractivity contribution is 0.466. The molecular formula is C13H11F3. The quantitative estimate of drug-likeness (QED) is 0.652. The summed E-state index contributed by atoms with van der Waals surface area (Å²) < 4.78 is 39.4. The molecule has 0 saturated heterocycles. The molecule has 0 amide bonds. The van der Waals surface area contributed by atoms with Crippen LogP contribution in [0.1, 0.15) is 24.0 Å². The highest BCUT2D eigenvalue weighted by Crippen LogP contribution is 2.37. The lowest BCUT2D eigenvalue weighted by atomic mass is 9.95. The maximum atomic E-state index is 13.5. The zero-order valence-electron chi connectivity index (χ0n) is 8.86. The summed E-state index contributed by atoms with van der Waals surface area (Å²) in [5.41, 5.74) is 1.91. The van der Waals surface area contributed by atoms with Crippen molar-refractivity contribution in [2.75, 3.05) is 0 Å². The number of aryl methyl sites for hydroxylation is 1. The number of benzene rings is 1. The van der Waals surface area contributed by atoms with Crippen molar-refractivity contribution < 1.29 is 13.2 Å². The van der Waals surface area contributed by atoms with Crippen LogP contribution in [-0.4, -0.2) is 0 Å². The third kappa shape index (κ3) is 1.90. The Balaban J connectivity index is 2.45. The lowest BCUT2D eigenvalue weighted by Gasteiger charge is -2.14. The highest BCUT2D eigenvalue weighted by molar-refractivity contribution is 5.71. The molecule has 0 fully saturated rings. The van der Waals surface area contributed by atoms with Crippen molar-refractivity contribution in [2.24, 2.45) is 0 Å².